The van der Waals surface area contributed by atoms with Gasteiger partial charge >= 0.3 is 0 Å². The number of nitrogen functional groups attached to an aromatic ring is 1. The third-order valence-electron chi connectivity index (χ3n) is 1.15. The second-order valence-electron chi connectivity index (χ2n) is 1.74. The minimum atomic E-state index is 0.394. The van der Waals surface area contributed by atoms with Crippen LogP contribution < -0.4 is 11.3 Å². The number of aromatic nitrogens is 6. The Labute approximate surface area is 60.4 Å². The Balaban J connectivity index is 2.79. The van der Waals surface area contributed by atoms with Gasteiger partial charge in [0.05, 0.1) is 0 Å². The van der Waals surface area contributed by atoms with Crippen LogP contribution in [0.15, 0.2) is 6.33 Å². The second-order valence-corrected chi connectivity index (χ2v) is 1.74. The van der Waals surface area contributed by atoms with E-state index in [0.29, 0.717) is 11.5 Å². The molecule has 2 aromatic heterocycles. The van der Waals surface area contributed by atoms with E-state index in [2.05, 4.69) is 31.0 Å². The molecule has 0 unspecified atom stereocenters. The van der Waals surface area contributed by atoms with Crippen LogP contribution in [-0.2, 0) is 0 Å². The molecule has 0 saturated carbocycles. The third-order valence-corrected chi connectivity index (χ3v) is 1.15. The Morgan fingerprint density at radius 1 is 1.55 bits per heavy atom. The van der Waals surface area contributed by atoms with Crippen molar-refractivity contribution in [1.29, 1.82) is 0 Å². The third kappa shape index (κ3) is 0.765. The van der Waals surface area contributed by atoms with Crippen molar-refractivity contribution in [3.8, 4) is 0 Å². The lowest BCUT2D eigenvalue weighted by Crippen LogP contribution is -2.11. The summed E-state index contributed by atoms with van der Waals surface area (Å²) < 4.78 is 1.22. The Bertz CT molecular complexity index is 364. The zero-order valence-corrected chi connectivity index (χ0v) is 5.34. The average molecular weight is 152 g/mol. The van der Waals surface area contributed by atoms with Crippen LogP contribution in [0.25, 0.3) is 5.65 Å². The second kappa shape index (κ2) is 2.09. The first-order valence-corrected chi connectivity index (χ1v) is 2.78. The minimum Gasteiger partial charge on any atom is -0.305 e. The van der Waals surface area contributed by atoms with E-state index in [4.69, 9.17) is 5.84 Å². The predicted octanol–water partition coefficient (Wildman–Crippen LogP) is -1.80. The largest absolute Gasteiger partial charge is 0.305 e. The van der Waals surface area contributed by atoms with E-state index in [1.54, 1.807) is 0 Å². The van der Waals surface area contributed by atoms with Crippen molar-refractivity contribution < 1.29 is 0 Å². The standard InChI is InChI=1S/C3H4N8/c4-7-2-3-8-9-10-11(3)6-1-5-2/h1H,4H2,(H,5,6,7). The number of fused-ring (bicyclic) bond motifs is 1. The van der Waals surface area contributed by atoms with E-state index in [1.165, 1.54) is 11.0 Å². The van der Waals surface area contributed by atoms with Gasteiger partial charge in [-0.25, -0.2) is 10.8 Å². The van der Waals surface area contributed by atoms with Crippen molar-refractivity contribution in [2.45, 2.75) is 0 Å². The highest BCUT2D eigenvalue weighted by Crippen LogP contribution is 2.03. The van der Waals surface area contributed by atoms with Crippen LogP contribution in [0.1, 0.15) is 0 Å². The topological polar surface area (TPSA) is 107 Å². The van der Waals surface area contributed by atoms with Crippen molar-refractivity contribution >= 4 is 11.5 Å². The quantitative estimate of drug-likeness (QED) is 0.366. The minimum absolute atomic E-state index is 0.394. The van der Waals surface area contributed by atoms with Crippen LogP contribution in [0.2, 0.25) is 0 Å². The SMILES string of the molecule is NNc1ncnn2nnnc12. The molecule has 2 heterocycles. The van der Waals surface area contributed by atoms with Crippen molar-refractivity contribution in [2.24, 2.45) is 5.84 Å². The van der Waals surface area contributed by atoms with Gasteiger partial charge in [0, 0.05) is 0 Å². The summed E-state index contributed by atoms with van der Waals surface area (Å²) in [7, 11) is 0. The summed E-state index contributed by atoms with van der Waals surface area (Å²) in [5.41, 5.74) is 2.74. The van der Waals surface area contributed by atoms with Crippen LogP contribution in [-0.4, -0.2) is 30.2 Å². The van der Waals surface area contributed by atoms with Gasteiger partial charge in [0.1, 0.15) is 6.33 Å². The molecule has 0 aromatic carbocycles. The fourth-order valence-electron chi connectivity index (χ4n) is 0.694. The highest BCUT2D eigenvalue weighted by Gasteiger charge is 2.03. The molecule has 8 nitrogen and oxygen atoms in total. The van der Waals surface area contributed by atoms with Gasteiger partial charge in [0.2, 0.25) is 5.65 Å². The van der Waals surface area contributed by atoms with E-state index in [9.17, 15) is 0 Å². The first kappa shape index (κ1) is 5.92. The fourth-order valence-corrected chi connectivity index (χ4v) is 0.694. The molecule has 56 valence electrons. The van der Waals surface area contributed by atoms with Crippen molar-refractivity contribution in [3.05, 3.63) is 6.33 Å². The van der Waals surface area contributed by atoms with Crippen molar-refractivity contribution in [3.63, 3.8) is 0 Å². The fraction of sp³-hybridized carbons (Fsp3) is 0. The van der Waals surface area contributed by atoms with Crippen LogP contribution in [0.3, 0.4) is 0 Å². The summed E-state index contributed by atoms with van der Waals surface area (Å²) in [6.07, 6.45) is 1.30. The Kier molecular flexibility index (Phi) is 1.13. The van der Waals surface area contributed by atoms with E-state index in [1.807, 2.05) is 0 Å². The lowest BCUT2D eigenvalue weighted by atomic mass is 10.7. The molecule has 0 radical (unpaired) electrons. The Morgan fingerprint density at radius 2 is 2.45 bits per heavy atom. The van der Waals surface area contributed by atoms with Gasteiger partial charge in [-0.15, -0.1) is 14.8 Å². The van der Waals surface area contributed by atoms with E-state index < -0.39 is 0 Å². The lowest BCUT2D eigenvalue weighted by molar-refractivity contribution is 0.723. The lowest BCUT2D eigenvalue weighted by Gasteiger charge is -1.95. The van der Waals surface area contributed by atoms with Gasteiger partial charge in [-0.3, -0.25) is 0 Å². The summed E-state index contributed by atoms with van der Waals surface area (Å²) in [5.74, 6) is 5.52. The van der Waals surface area contributed by atoms with Crippen LogP contribution in [0, 0.1) is 0 Å². The van der Waals surface area contributed by atoms with E-state index in [0.717, 1.165) is 0 Å². The molecule has 0 aliphatic heterocycles. The first-order chi connectivity index (χ1) is 5.42. The average Bonchev–Trinajstić information content (AvgIpc) is 2.50. The predicted molar refractivity (Wildman–Crippen MR) is 34.2 cm³/mol. The molecule has 0 aliphatic rings. The zero-order chi connectivity index (χ0) is 7.68. The highest BCUT2D eigenvalue weighted by atomic mass is 15.6. The Morgan fingerprint density at radius 3 is 3.27 bits per heavy atom. The number of nitrogens with one attached hydrogen (secondary N) is 1. The summed E-state index contributed by atoms with van der Waals surface area (Å²) in [4.78, 5) is 3.79. The zero-order valence-electron chi connectivity index (χ0n) is 5.34. The first-order valence-electron chi connectivity index (χ1n) is 2.78. The smallest absolute Gasteiger partial charge is 0.243 e. The molecule has 0 amide bonds. The van der Waals surface area contributed by atoms with Gasteiger partial charge in [0.25, 0.3) is 0 Å². The molecule has 3 N–H and O–H groups in total. The van der Waals surface area contributed by atoms with Crippen molar-refractivity contribution in [1.82, 2.24) is 30.2 Å². The molecule has 0 fully saturated rings. The molecule has 2 rings (SSSR count). The van der Waals surface area contributed by atoms with Gasteiger partial charge < -0.3 is 5.43 Å². The number of hydrogen-bond acceptors (Lipinski definition) is 7. The number of nitrogens with two attached hydrogens (primary N) is 1. The molecular formula is C3H4N8. The van der Waals surface area contributed by atoms with Gasteiger partial charge in [0.15, 0.2) is 5.82 Å². The molecule has 0 spiro atoms. The normalized spacial score (nSPS) is 10.3. The van der Waals surface area contributed by atoms with Crippen molar-refractivity contribution in [2.75, 3.05) is 5.43 Å². The number of hydrazine groups is 1. The summed E-state index contributed by atoms with van der Waals surface area (Å²) in [5, 5.41) is 14.3. The molecule has 0 bridgehead atoms. The maximum Gasteiger partial charge on any atom is 0.243 e. The molecule has 0 atom stereocenters. The van der Waals surface area contributed by atoms with Crippen LogP contribution >= 0.6 is 0 Å². The van der Waals surface area contributed by atoms with Gasteiger partial charge in [-0.1, -0.05) is 0 Å². The summed E-state index contributed by atoms with van der Waals surface area (Å²) in [6, 6.07) is 0. The molecular weight excluding hydrogens is 148 g/mol. The van der Waals surface area contributed by atoms with E-state index >= 15 is 0 Å². The number of nitrogens with zero attached hydrogens (tertiary/aromatic N) is 6. The summed E-state index contributed by atoms with van der Waals surface area (Å²) in [6.45, 7) is 0. The molecule has 0 aliphatic carbocycles. The van der Waals surface area contributed by atoms with Gasteiger partial charge in [-0.2, -0.15) is 0 Å². The molecule has 8 heteroatoms. The maximum atomic E-state index is 5.13. The van der Waals surface area contributed by atoms with Crippen LogP contribution in [0.5, 0.6) is 0 Å². The van der Waals surface area contributed by atoms with E-state index in [-0.39, 0.29) is 0 Å². The Hall–Kier alpha value is -1.83. The molecule has 2 aromatic rings. The molecule has 11 heavy (non-hydrogen) atoms. The number of rotatable bonds is 1. The molecule has 0 saturated heterocycles. The van der Waals surface area contributed by atoms with Gasteiger partial charge in [-0.05, 0) is 10.4 Å². The summed E-state index contributed by atoms with van der Waals surface area (Å²) >= 11 is 0. The highest BCUT2D eigenvalue weighted by molar-refractivity contribution is 5.58. The number of tetrazole rings is 1. The number of hydrogen-bond donors (Lipinski definition) is 2. The van der Waals surface area contributed by atoms with Crippen LogP contribution in [0.4, 0.5) is 5.82 Å². The maximum absolute atomic E-state index is 5.13. The monoisotopic (exact) mass is 152 g/mol. The number of anilines is 1.